The molecule has 2 fully saturated rings. The molecular weight excluding hydrogens is 449 g/mol. The van der Waals surface area contributed by atoms with Gasteiger partial charge in [-0.3, -0.25) is 9.59 Å². The number of aromatic hydroxyl groups is 1. The number of carboxylic acids is 1. The Kier molecular flexibility index (Phi) is 6.60. The molecule has 2 unspecified atom stereocenters. The van der Waals surface area contributed by atoms with Crippen molar-refractivity contribution in [2.24, 2.45) is 11.8 Å². The number of nitrogens with zero attached hydrogens (tertiary/aromatic N) is 1. The van der Waals surface area contributed by atoms with Gasteiger partial charge in [0.25, 0.3) is 5.56 Å². The van der Waals surface area contributed by atoms with Crippen LogP contribution in [-0.2, 0) is 16.1 Å². The van der Waals surface area contributed by atoms with Crippen LogP contribution in [0.4, 0.5) is 4.39 Å². The standard InChI is InChI=1S/C28H30FNO5/c29-21-6-4-18(5-7-21)25-23-9-8-22(31)15-24(23)27(32)30(26(25)19-10-12-35-13-11-19)16-17-2-1-3-20(14-17)28(33)34/h4-9,15,17,19-20,31H,1-3,10-14,16H2,(H,33,34). The van der Waals surface area contributed by atoms with E-state index in [1.807, 2.05) is 4.57 Å². The van der Waals surface area contributed by atoms with Crippen LogP contribution in [0.25, 0.3) is 21.9 Å². The molecule has 3 aromatic rings. The van der Waals surface area contributed by atoms with E-state index in [-0.39, 0.29) is 29.0 Å². The van der Waals surface area contributed by atoms with Gasteiger partial charge in [0.05, 0.1) is 11.3 Å². The lowest BCUT2D eigenvalue weighted by molar-refractivity contribution is -0.143. The third-order valence-electron chi connectivity index (χ3n) is 7.61. The normalized spacial score (nSPS) is 21.3. The molecule has 0 bridgehead atoms. The van der Waals surface area contributed by atoms with E-state index in [0.29, 0.717) is 38.0 Å². The van der Waals surface area contributed by atoms with Gasteiger partial charge in [0, 0.05) is 36.9 Å². The van der Waals surface area contributed by atoms with Crippen molar-refractivity contribution < 1.29 is 24.1 Å². The zero-order valence-electron chi connectivity index (χ0n) is 19.6. The number of carbonyl (C=O) groups is 1. The summed E-state index contributed by atoms with van der Waals surface area (Å²) in [5.74, 6) is -1.35. The van der Waals surface area contributed by atoms with E-state index in [0.717, 1.165) is 47.9 Å². The number of ether oxygens (including phenoxy) is 1. The minimum absolute atomic E-state index is 0.00799. The van der Waals surface area contributed by atoms with Crippen LogP contribution in [0.1, 0.15) is 50.1 Å². The highest BCUT2D eigenvalue weighted by molar-refractivity contribution is 5.98. The summed E-state index contributed by atoms with van der Waals surface area (Å²) in [5, 5.41) is 20.9. The summed E-state index contributed by atoms with van der Waals surface area (Å²) in [4.78, 5) is 25.6. The van der Waals surface area contributed by atoms with Crippen molar-refractivity contribution in [3.05, 3.63) is 64.3 Å². The molecule has 1 aromatic heterocycles. The first-order valence-electron chi connectivity index (χ1n) is 12.4. The molecule has 2 N–H and O–H groups in total. The summed E-state index contributed by atoms with van der Waals surface area (Å²) in [7, 11) is 0. The largest absolute Gasteiger partial charge is 0.508 e. The molecule has 5 rings (SSSR count). The summed E-state index contributed by atoms with van der Waals surface area (Å²) in [6.45, 7) is 1.62. The van der Waals surface area contributed by atoms with Gasteiger partial charge in [0.15, 0.2) is 0 Å². The summed E-state index contributed by atoms with van der Waals surface area (Å²) in [6, 6.07) is 11.1. The Hall–Kier alpha value is -3.19. The summed E-state index contributed by atoms with van der Waals surface area (Å²) in [5.41, 5.74) is 2.41. The Morgan fingerprint density at radius 3 is 2.49 bits per heavy atom. The molecule has 1 aliphatic carbocycles. The average molecular weight is 480 g/mol. The maximum absolute atomic E-state index is 13.9. The molecule has 2 aliphatic rings. The summed E-state index contributed by atoms with van der Waals surface area (Å²) >= 11 is 0. The van der Waals surface area contributed by atoms with Gasteiger partial charge in [0.2, 0.25) is 0 Å². The molecule has 2 aromatic carbocycles. The zero-order valence-corrected chi connectivity index (χ0v) is 19.6. The first-order chi connectivity index (χ1) is 16.9. The van der Waals surface area contributed by atoms with Crippen molar-refractivity contribution in [3.63, 3.8) is 0 Å². The van der Waals surface area contributed by atoms with Crippen LogP contribution in [0, 0.1) is 17.7 Å². The number of phenols is 1. The van der Waals surface area contributed by atoms with Crippen molar-refractivity contribution in [2.45, 2.75) is 51.0 Å². The lowest BCUT2D eigenvalue weighted by Crippen LogP contribution is -2.33. The lowest BCUT2D eigenvalue weighted by Gasteiger charge is -2.32. The van der Waals surface area contributed by atoms with Crippen LogP contribution in [0.15, 0.2) is 47.3 Å². The summed E-state index contributed by atoms with van der Waals surface area (Å²) in [6.07, 6.45) is 4.42. The van der Waals surface area contributed by atoms with Crippen molar-refractivity contribution >= 4 is 16.7 Å². The van der Waals surface area contributed by atoms with Crippen molar-refractivity contribution in [2.75, 3.05) is 13.2 Å². The fraction of sp³-hybridized carbons (Fsp3) is 0.429. The molecule has 0 radical (unpaired) electrons. The smallest absolute Gasteiger partial charge is 0.306 e. The highest BCUT2D eigenvalue weighted by atomic mass is 19.1. The number of benzene rings is 2. The fourth-order valence-corrected chi connectivity index (χ4v) is 5.89. The van der Waals surface area contributed by atoms with Gasteiger partial charge in [-0.05, 0) is 79.3 Å². The molecule has 0 spiro atoms. The number of fused-ring (bicyclic) bond motifs is 1. The van der Waals surface area contributed by atoms with Gasteiger partial charge >= 0.3 is 5.97 Å². The molecule has 1 aliphatic heterocycles. The number of carboxylic acid groups (broad SMARTS) is 1. The number of hydrogen-bond acceptors (Lipinski definition) is 4. The van der Waals surface area contributed by atoms with E-state index < -0.39 is 11.9 Å². The molecule has 2 heterocycles. The molecule has 6 nitrogen and oxygen atoms in total. The van der Waals surface area contributed by atoms with E-state index >= 15 is 0 Å². The number of hydrogen-bond donors (Lipinski definition) is 2. The van der Waals surface area contributed by atoms with Crippen LogP contribution in [-0.4, -0.2) is 34.0 Å². The molecular formula is C28H30FNO5. The highest BCUT2D eigenvalue weighted by Gasteiger charge is 2.31. The van der Waals surface area contributed by atoms with E-state index in [1.54, 1.807) is 24.3 Å². The van der Waals surface area contributed by atoms with Crippen LogP contribution in [0.5, 0.6) is 5.75 Å². The van der Waals surface area contributed by atoms with Gasteiger partial charge < -0.3 is 19.5 Å². The molecule has 2 atom stereocenters. The second-order valence-electron chi connectivity index (χ2n) is 9.87. The van der Waals surface area contributed by atoms with E-state index in [4.69, 9.17) is 4.74 Å². The van der Waals surface area contributed by atoms with Gasteiger partial charge in [-0.25, -0.2) is 4.39 Å². The number of aliphatic carboxylic acids is 1. The van der Waals surface area contributed by atoms with Gasteiger partial charge in [-0.15, -0.1) is 0 Å². The van der Waals surface area contributed by atoms with Crippen molar-refractivity contribution in [1.29, 1.82) is 0 Å². The Morgan fingerprint density at radius 1 is 1.03 bits per heavy atom. The molecule has 184 valence electrons. The van der Waals surface area contributed by atoms with Crippen LogP contribution in [0.3, 0.4) is 0 Å². The third kappa shape index (κ3) is 4.69. The quantitative estimate of drug-likeness (QED) is 0.519. The van der Waals surface area contributed by atoms with Crippen LogP contribution < -0.4 is 5.56 Å². The van der Waals surface area contributed by atoms with Crippen molar-refractivity contribution in [3.8, 4) is 16.9 Å². The fourth-order valence-electron chi connectivity index (χ4n) is 5.89. The predicted octanol–water partition coefficient (Wildman–Crippen LogP) is 5.30. The Labute approximate surface area is 203 Å². The molecule has 0 amide bonds. The SMILES string of the molecule is O=C(O)C1CCCC(Cn2c(C3CCOCC3)c(-c3ccc(F)cc3)c3ccc(O)cc3c2=O)C1. The topological polar surface area (TPSA) is 88.8 Å². The number of rotatable bonds is 5. The van der Waals surface area contributed by atoms with Crippen molar-refractivity contribution in [1.82, 2.24) is 4.57 Å². The van der Waals surface area contributed by atoms with E-state index in [9.17, 15) is 24.2 Å². The monoisotopic (exact) mass is 479 g/mol. The Morgan fingerprint density at radius 2 is 1.77 bits per heavy atom. The van der Waals surface area contributed by atoms with Crippen LogP contribution >= 0.6 is 0 Å². The molecule has 1 saturated heterocycles. The summed E-state index contributed by atoms with van der Waals surface area (Å²) < 4.78 is 21.3. The maximum Gasteiger partial charge on any atom is 0.306 e. The van der Waals surface area contributed by atoms with Gasteiger partial charge in [-0.2, -0.15) is 0 Å². The average Bonchev–Trinajstić information content (AvgIpc) is 2.87. The molecule has 7 heteroatoms. The van der Waals surface area contributed by atoms with E-state index in [2.05, 4.69) is 0 Å². The lowest BCUT2D eigenvalue weighted by atomic mass is 9.80. The van der Waals surface area contributed by atoms with Crippen LogP contribution in [0.2, 0.25) is 0 Å². The molecule has 1 saturated carbocycles. The van der Waals surface area contributed by atoms with E-state index in [1.165, 1.54) is 18.2 Å². The van der Waals surface area contributed by atoms with Gasteiger partial charge in [0.1, 0.15) is 11.6 Å². The Bertz CT molecular complexity index is 1290. The molecule has 35 heavy (non-hydrogen) atoms. The maximum atomic E-state index is 13.9. The number of halogens is 1. The minimum Gasteiger partial charge on any atom is -0.508 e. The zero-order chi connectivity index (χ0) is 24.5. The Balaban J connectivity index is 1.74. The second-order valence-corrected chi connectivity index (χ2v) is 9.87. The van der Waals surface area contributed by atoms with Gasteiger partial charge in [-0.1, -0.05) is 18.6 Å². The number of phenolic OH excluding ortho intramolecular Hbond substituents is 1. The first kappa shape index (κ1) is 23.5. The number of pyridine rings is 1. The minimum atomic E-state index is -0.776. The first-order valence-corrected chi connectivity index (χ1v) is 12.4. The second kappa shape index (κ2) is 9.82. The number of aromatic nitrogens is 1. The predicted molar refractivity (Wildman–Crippen MR) is 131 cm³/mol. The highest BCUT2D eigenvalue weighted by Crippen LogP contribution is 2.40. The third-order valence-corrected chi connectivity index (χ3v) is 7.61.